The van der Waals surface area contributed by atoms with Crippen molar-refractivity contribution in [1.29, 1.82) is 0 Å². The second-order valence-electron chi connectivity index (χ2n) is 7.95. The van der Waals surface area contributed by atoms with Gasteiger partial charge in [0.25, 0.3) is 0 Å². The molecule has 1 aliphatic rings. The van der Waals surface area contributed by atoms with Gasteiger partial charge in [-0.2, -0.15) is 0 Å². The molecule has 0 aromatic carbocycles. The Bertz CT molecular complexity index is 745. The number of carbonyl (C=O) groups excluding carboxylic acids is 3. The maximum Gasteiger partial charge on any atom is 0.355 e. The lowest BCUT2D eigenvalue weighted by atomic mass is 9.88. The Kier molecular flexibility index (Phi) is 8.47. The van der Waals surface area contributed by atoms with Gasteiger partial charge in [0, 0.05) is 30.8 Å². The number of hydrogen-bond donors (Lipinski definition) is 0. The summed E-state index contributed by atoms with van der Waals surface area (Å²) in [6, 6.07) is 0. The standard InChI is InChI=1S/C23H36N2O4/c1-6-20(27)24(14-18-12-10-9-11-13-18)15-19(26)21-16(4)22(23(28)29-8-3)25(7-2)17(21)5/h18H,6-15H2,1-5H3. The van der Waals surface area contributed by atoms with E-state index >= 15 is 0 Å². The molecular weight excluding hydrogens is 368 g/mol. The second kappa shape index (κ2) is 10.6. The third-order valence-electron chi connectivity index (χ3n) is 6.02. The SMILES string of the molecule is CCOC(=O)c1c(C)c(C(=O)CN(CC2CCCCC2)C(=O)CC)c(C)n1CC. The van der Waals surface area contributed by atoms with Crippen LogP contribution in [-0.4, -0.2) is 46.8 Å². The summed E-state index contributed by atoms with van der Waals surface area (Å²) in [7, 11) is 0. The van der Waals surface area contributed by atoms with Crippen molar-refractivity contribution in [3.63, 3.8) is 0 Å². The molecule has 29 heavy (non-hydrogen) atoms. The molecule has 1 fully saturated rings. The highest BCUT2D eigenvalue weighted by Gasteiger charge is 2.29. The normalized spacial score (nSPS) is 14.7. The fraction of sp³-hybridized carbons (Fsp3) is 0.696. The lowest BCUT2D eigenvalue weighted by Crippen LogP contribution is -2.39. The molecule has 0 N–H and O–H groups in total. The number of carbonyl (C=O) groups is 3. The number of hydrogen-bond acceptors (Lipinski definition) is 4. The van der Waals surface area contributed by atoms with Gasteiger partial charge in [-0.05, 0) is 52.0 Å². The molecule has 6 nitrogen and oxygen atoms in total. The molecule has 1 amide bonds. The minimum atomic E-state index is -0.405. The number of esters is 1. The number of rotatable bonds is 9. The van der Waals surface area contributed by atoms with Crippen LogP contribution in [0.1, 0.15) is 91.4 Å². The monoisotopic (exact) mass is 404 g/mol. The minimum absolute atomic E-state index is 0.0137. The van der Waals surface area contributed by atoms with E-state index in [4.69, 9.17) is 4.74 Å². The van der Waals surface area contributed by atoms with Crippen molar-refractivity contribution in [2.45, 2.75) is 79.7 Å². The van der Waals surface area contributed by atoms with Crippen LogP contribution in [0.4, 0.5) is 0 Å². The van der Waals surface area contributed by atoms with E-state index in [0.717, 1.165) is 18.5 Å². The van der Waals surface area contributed by atoms with Crippen molar-refractivity contribution in [3.8, 4) is 0 Å². The second-order valence-corrected chi connectivity index (χ2v) is 7.95. The van der Waals surface area contributed by atoms with E-state index in [1.54, 1.807) is 18.7 Å². The predicted octanol–water partition coefficient (Wildman–Crippen LogP) is 4.30. The molecule has 0 unspecified atom stereocenters. The summed E-state index contributed by atoms with van der Waals surface area (Å²) in [6.45, 7) is 10.8. The van der Waals surface area contributed by atoms with Gasteiger partial charge >= 0.3 is 5.97 Å². The molecule has 1 aromatic rings. The number of amides is 1. The Morgan fingerprint density at radius 1 is 1.07 bits per heavy atom. The van der Waals surface area contributed by atoms with Crippen LogP contribution in [0, 0.1) is 19.8 Å². The Balaban J connectivity index is 2.28. The third kappa shape index (κ3) is 5.28. The average molecular weight is 405 g/mol. The molecule has 1 aliphatic carbocycles. The van der Waals surface area contributed by atoms with Crippen molar-refractivity contribution in [2.24, 2.45) is 5.92 Å². The van der Waals surface area contributed by atoms with Gasteiger partial charge in [0.2, 0.25) is 5.91 Å². The first-order chi connectivity index (χ1) is 13.8. The van der Waals surface area contributed by atoms with Crippen molar-refractivity contribution in [2.75, 3.05) is 19.7 Å². The van der Waals surface area contributed by atoms with Gasteiger partial charge in [-0.1, -0.05) is 26.2 Å². The fourth-order valence-electron chi connectivity index (χ4n) is 4.58. The van der Waals surface area contributed by atoms with E-state index in [9.17, 15) is 14.4 Å². The molecule has 0 spiro atoms. The van der Waals surface area contributed by atoms with Gasteiger partial charge in [0.15, 0.2) is 5.78 Å². The van der Waals surface area contributed by atoms with Crippen LogP contribution in [0.3, 0.4) is 0 Å². The van der Waals surface area contributed by atoms with E-state index < -0.39 is 5.97 Å². The zero-order valence-corrected chi connectivity index (χ0v) is 18.7. The summed E-state index contributed by atoms with van der Waals surface area (Å²) in [5, 5.41) is 0. The maximum atomic E-state index is 13.3. The van der Waals surface area contributed by atoms with Gasteiger partial charge in [0.1, 0.15) is 5.69 Å². The quantitative estimate of drug-likeness (QED) is 0.454. The summed E-state index contributed by atoms with van der Waals surface area (Å²) in [5.41, 5.74) is 2.40. The van der Waals surface area contributed by atoms with Crippen LogP contribution >= 0.6 is 0 Å². The fourth-order valence-corrected chi connectivity index (χ4v) is 4.58. The van der Waals surface area contributed by atoms with Crippen LogP contribution < -0.4 is 0 Å². The van der Waals surface area contributed by atoms with Crippen molar-refractivity contribution in [3.05, 3.63) is 22.5 Å². The predicted molar refractivity (Wildman–Crippen MR) is 113 cm³/mol. The minimum Gasteiger partial charge on any atom is -0.461 e. The first-order valence-electron chi connectivity index (χ1n) is 11.0. The number of ether oxygens (including phenoxy) is 1. The Morgan fingerprint density at radius 3 is 2.28 bits per heavy atom. The molecule has 0 aliphatic heterocycles. The van der Waals surface area contributed by atoms with Crippen LogP contribution in [0.25, 0.3) is 0 Å². The van der Waals surface area contributed by atoms with E-state index in [1.165, 1.54) is 19.3 Å². The van der Waals surface area contributed by atoms with Gasteiger partial charge in [-0.25, -0.2) is 4.79 Å². The molecule has 0 bridgehead atoms. The van der Waals surface area contributed by atoms with E-state index in [1.807, 2.05) is 25.3 Å². The summed E-state index contributed by atoms with van der Waals surface area (Å²) >= 11 is 0. The van der Waals surface area contributed by atoms with Crippen LogP contribution in [-0.2, 0) is 16.1 Å². The van der Waals surface area contributed by atoms with E-state index in [-0.39, 0.29) is 24.8 Å². The lowest BCUT2D eigenvalue weighted by molar-refractivity contribution is -0.131. The van der Waals surface area contributed by atoms with Crippen LogP contribution in [0.5, 0.6) is 0 Å². The number of Topliss-reactive ketones (excluding diaryl/α,β-unsaturated/α-hetero) is 1. The molecule has 1 aromatic heterocycles. The van der Waals surface area contributed by atoms with Crippen molar-refractivity contribution < 1.29 is 19.1 Å². The van der Waals surface area contributed by atoms with E-state index in [0.29, 0.717) is 42.2 Å². The highest BCUT2D eigenvalue weighted by molar-refractivity contribution is 6.04. The van der Waals surface area contributed by atoms with Crippen molar-refractivity contribution in [1.82, 2.24) is 9.47 Å². The van der Waals surface area contributed by atoms with E-state index in [2.05, 4.69) is 0 Å². The Hall–Kier alpha value is -2.11. The first kappa shape index (κ1) is 23.2. The van der Waals surface area contributed by atoms with Crippen molar-refractivity contribution >= 4 is 17.7 Å². The topological polar surface area (TPSA) is 68.6 Å². The largest absolute Gasteiger partial charge is 0.461 e. The van der Waals surface area contributed by atoms with Gasteiger partial charge in [-0.15, -0.1) is 0 Å². The number of ketones is 1. The molecule has 162 valence electrons. The molecule has 0 radical (unpaired) electrons. The molecule has 6 heteroatoms. The molecule has 1 heterocycles. The molecule has 0 saturated heterocycles. The zero-order valence-electron chi connectivity index (χ0n) is 18.7. The lowest BCUT2D eigenvalue weighted by Gasteiger charge is -2.29. The highest BCUT2D eigenvalue weighted by atomic mass is 16.5. The molecule has 0 atom stereocenters. The molecule has 1 saturated carbocycles. The number of aromatic nitrogens is 1. The Morgan fingerprint density at radius 2 is 1.72 bits per heavy atom. The zero-order chi connectivity index (χ0) is 21.6. The Labute approximate surface area is 174 Å². The highest BCUT2D eigenvalue weighted by Crippen LogP contribution is 2.26. The van der Waals surface area contributed by atoms with Crippen LogP contribution in [0.15, 0.2) is 0 Å². The average Bonchev–Trinajstić information content (AvgIpc) is 2.97. The summed E-state index contributed by atoms with van der Waals surface area (Å²) in [6.07, 6.45) is 6.30. The summed E-state index contributed by atoms with van der Waals surface area (Å²) in [4.78, 5) is 40.0. The number of nitrogens with zero attached hydrogens (tertiary/aromatic N) is 2. The van der Waals surface area contributed by atoms with Gasteiger partial charge in [0.05, 0.1) is 13.2 Å². The third-order valence-corrected chi connectivity index (χ3v) is 6.02. The smallest absolute Gasteiger partial charge is 0.355 e. The molecule has 2 rings (SSSR count). The van der Waals surface area contributed by atoms with Crippen LogP contribution in [0.2, 0.25) is 0 Å². The summed E-state index contributed by atoms with van der Waals surface area (Å²) < 4.78 is 7.04. The maximum absolute atomic E-state index is 13.3. The summed E-state index contributed by atoms with van der Waals surface area (Å²) in [5.74, 6) is -0.0163. The first-order valence-corrected chi connectivity index (χ1v) is 11.0. The van der Waals surface area contributed by atoms with Gasteiger partial charge < -0.3 is 14.2 Å². The van der Waals surface area contributed by atoms with Gasteiger partial charge in [-0.3, -0.25) is 9.59 Å². The molecular formula is C23H36N2O4.